The van der Waals surface area contributed by atoms with E-state index >= 15 is 0 Å². The Kier molecular flexibility index (Phi) is 2.94. The van der Waals surface area contributed by atoms with Crippen molar-refractivity contribution in [3.05, 3.63) is 23.0 Å². The maximum atomic E-state index is 11.5. The molecule has 0 saturated carbocycles. The molecule has 3 rings (SSSR count). The van der Waals surface area contributed by atoms with Gasteiger partial charge >= 0.3 is 0 Å². The van der Waals surface area contributed by atoms with E-state index in [4.69, 9.17) is 9.84 Å². The summed E-state index contributed by atoms with van der Waals surface area (Å²) in [7, 11) is 0. The molecule has 96 valence electrons. The molecule has 1 aliphatic rings. The van der Waals surface area contributed by atoms with Crippen molar-refractivity contribution in [3.8, 4) is 0 Å². The van der Waals surface area contributed by atoms with E-state index in [-0.39, 0.29) is 29.3 Å². The fourth-order valence-corrected chi connectivity index (χ4v) is 2.58. The van der Waals surface area contributed by atoms with E-state index in [1.807, 2.05) is 0 Å². The van der Waals surface area contributed by atoms with E-state index in [1.165, 1.54) is 24.4 Å². The highest BCUT2D eigenvalue weighted by Crippen LogP contribution is 2.23. The molecule has 0 amide bonds. The number of hydrogen-bond donors (Lipinski definition) is 3. The van der Waals surface area contributed by atoms with Crippen molar-refractivity contribution >= 4 is 22.9 Å². The van der Waals surface area contributed by atoms with Gasteiger partial charge in [-0.3, -0.25) is 10.2 Å². The summed E-state index contributed by atoms with van der Waals surface area (Å²) in [4.78, 5) is 22.0. The molecule has 1 aliphatic heterocycles. The number of H-pyrrole nitrogens is 1. The van der Waals surface area contributed by atoms with E-state index in [0.717, 1.165) is 0 Å². The Morgan fingerprint density at radius 1 is 1.67 bits per heavy atom. The van der Waals surface area contributed by atoms with Crippen molar-refractivity contribution in [1.82, 2.24) is 19.6 Å². The summed E-state index contributed by atoms with van der Waals surface area (Å²) in [5, 5.41) is 8.97. The highest BCUT2D eigenvalue weighted by molar-refractivity contribution is 8.00. The lowest BCUT2D eigenvalue weighted by Gasteiger charge is -2.14. The van der Waals surface area contributed by atoms with Crippen LogP contribution in [-0.2, 0) is 4.74 Å². The highest BCUT2D eigenvalue weighted by Gasteiger charge is 2.25. The summed E-state index contributed by atoms with van der Waals surface area (Å²) >= 11 is 1.52. The molecule has 1 fully saturated rings. The Morgan fingerprint density at radius 3 is 3.33 bits per heavy atom. The fraction of sp³-hybridized carbons (Fsp3) is 0.444. The van der Waals surface area contributed by atoms with E-state index in [0.29, 0.717) is 11.4 Å². The Labute approximate surface area is 105 Å². The van der Waals surface area contributed by atoms with Crippen molar-refractivity contribution in [2.45, 2.75) is 11.7 Å². The molecular formula is C9H11N5O3S. The summed E-state index contributed by atoms with van der Waals surface area (Å²) in [5.74, 6) is 0.702. The van der Waals surface area contributed by atoms with Crippen molar-refractivity contribution in [2.24, 2.45) is 0 Å². The second-order valence-electron chi connectivity index (χ2n) is 3.72. The Morgan fingerprint density at radius 2 is 2.56 bits per heavy atom. The van der Waals surface area contributed by atoms with Gasteiger partial charge in [0.1, 0.15) is 11.8 Å². The van der Waals surface area contributed by atoms with Crippen molar-refractivity contribution in [2.75, 3.05) is 17.8 Å². The van der Waals surface area contributed by atoms with Crippen LogP contribution >= 0.6 is 11.8 Å². The summed E-state index contributed by atoms with van der Waals surface area (Å²) in [6, 6.07) is 0. The predicted molar refractivity (Wildman–Crippen MR) is 65.7 cm³/mol. The van der Waals surface area contributed by atoms with Gasteiger partial charge in [0, 0.05) is 5.75 Å². The number of nitrogens with one attached hydrogen (secondary N) is 2. The number of hydrogen-bond acceptors (Lipinski definition) is 7. The van der Waals surface area contributed by atoms with Crippen molar-refractivity contribution in [1.29, 1.82) is 0 Å². The lowest BCUT2D eigenvalue weighted by atomic mass is 10.5. The molecule has 3 heterocycles. The first-order valence-corrected chi connectivity index (χ1v) is 6.38. The van der Waals surface area contributed by atoms with Crippen molar-refractivity contribution < 1.29 is 9.84 Å². The third-order valence-corrected chi connectivity index (χ3v) is 3.65. The van der Waals surface area contributed by atoms with Crippen LogP contribution in [0.3, 0.4) is 0 Å². The zero-order chi connectivity index (χ0) is 12.5. The minimum absolute atomic E-state index is 0.0224. The topological polar surface area (TPSA) is 105 Å². The predicted octanol–water partition coefficient (Wildman–Crippen LogP) is -0.929. The molecule has 0 spiro atoms. The molecular weight excluding hydrogens is 258 g/mol. The number of aromatic nitrogens is 4. The summed E-state index contributed by atoms with van der Waals surface area (Å²) in [5.41, 5.74) is 3.26. The van der Waals surface area contributed by atoms with Gasteiger partial charge in [0.2, 0.25) is 0 Å². The number of aliphatic hydroxyl groups excluding tert-OH is 1. The van der Waals surface area contributed by atoms with E-state index in [9.17, 15) is 4.79 Å². The van der Waals surface area contributed by atoms with Crippen LogP contribution in [0, 0.1) is 0 Å². The normalized spacial score (nSPS) is 23.6. The van der Waals surface area contributed by atoms with Crippen LogP contribution in [0.1, 0.15) is 0 Å². The number of aromatic amines is 1. The van der Waals surface area contributed by atoms with Gasteiger partial charge in [-0.05, 0) is 0 Å². The van der Waals surface area contributed by atoms with Gasteiger partial charge in [0.25, 0.3) is 5.56 Å². The highest BCUT2D eigenvalue weighted by atomic mass is 32.2. The molecule has 0 bridgehead atoms. The molecule has 0 aromatic carbocycles. The maximum absolute atomic E-state index is 11.5. The average molecular weight is 269 g/mol. The zero-order valence-corrected chi connectivity index (χ0v) is 10.1. The Bertz CT molecular complexity index is 612. The second kappa shape index (κ2) is 4.59. The molecule has 0 radical (unpaired) electrons. The van der Waals surface area contributed by atoms with Crippen LogP contribution in [-0.4, -0.2) is 48.8 Å². The zero-order valence-electron chi connectivity index (χ0n) is 9.24. The molecule has 2 aromatic heterocycles. The van der Waals surface area contributed by atoms with Crippen LogP contribution in [0.25, 0.3) is 11.2 Å². The largest absolute Gasteiger partial charge is 0.393 e. The van der Waals surface area contributed by atoms with E-state index in [2.05, 4.69) is 20.4 Å². The SMILES string of the molecule is O=c1[nH]cnc2c1ncn2NC1CSC(CO)O1. The molecule has 1 saturated heterocycles. The van der Waals surface area contributed by atoms with Gasteiger partial charge in [0.15, 0.2) is 17.4 Å². The monoisotopic (exact) mass is 269 g/mol. The number of rotatable bonds is 3. The maximum Gasteiger partial charge on any atom is 0.278 e. The first-order valence-electron chi connectivity index (χ1n) is 5.33. The molecule has 9 heteroatoms. The van der Waals surface area contributed by atoms with Crippen LogP contribution in [0.2, 0.25) is 0 Å². The fourth-order valence-electron chi connectivity index (χ4n) is 1.72. The first-order chi connectivity index (χ1) is 8.78. The van der Waals surface area contributed by atoms with Crippen LogP contribution in [0.5, 0.6) is 0 Å². The Balaban J connectivity index is 1.83. The average Bonchev–Trinajstić information content (AvgIpc) is 2.98. The third kappa shape index (κ3) is 1.96. The minimum Gasteiger partial charge on any atom is -0.393 e. The van der Waals surface area contributed by atoms with Crippen LogP contribution in [0.15, 0.2) is 17.4 Å². The first kappa shape index (κ1) is 11.5. The van der Waals surface area contributed by atoms with E-state index < -0.39 is 0 Å². The minimum atomic E-state index is -0.282. The molecule has 0 aliphatic carbocycles. The summed E-state index contributed by atoms with van der Waals surface area (Å²) in [6.45, 7) is -0.0224. The molecule has 2 atom stereocenters. The standard InChI is InChI=1S/C9H11N5O3S/c15-1-6-17-5(2-18-6)13-14-4-12-7-8(14)10-3-11-9(7)16/h3-6,13,15H,1-2H2,(H,10,11,16). The third-order valence-electron chi connectivity index (χ3n) is 2.52. The van der Waals surface area contributed by atoms with Gasteiger partial charge in [-0.2, -0.15) is 0 Å². The van der Waals surface area contributed by atoms with Gasteiger partial charge < -0.3 is 14.8 Å². The van der Waals surface area contributed by atoms with Crippen LogP contribution < -0.4 is 11.0 Å². The molecule has 18 heavy (non-hydrogen) atoms. The quantitative estimate of drug-likeness (QED) is 0.661. The van der Waals surface area contributed by atoms with Crippen LogP contribution in [0.4, 0.5) is 0 Å². The molecule has 3 N–H and O–H groups in total. The van der Waals surface area contributed by atoms with Gasteiger partial charge in [-0.25, -0.2) is 14.6 Å². The van der Waals surface area contributed by atoms with Gasteiger partial charge in [-0.1, -0.05) is 0 Å². The lowest BCUT2D eigenvalue weighted by molar-refractivity contribution is 0.0429. The number of aliphatic hydroxyl groups is 1. The molecule has 2 aromatic rings. The smallest absolute Gasteiger partial charge is 0.278 e. The van der Waals surface area contributed by atoms with Crippen molar-refractivity contribution in [3.63, 3.8) is 0 Å². The molecule has 2 unspecified atom stereocenters. The van der Waals surface area contributed by atoms with Gasteiger partial charge in [0.05, 0.1) is 12.9 Å². The lowest BCUT2D eigenvalue weighted by Crippen LogP contribution is -2.30. The number of imidazole rings is 1. The molecule has 8 nitrogen and oxygen atoms in total. The number of ether oxygens (including phenoxy) is 1. The van der Waals surface area contributed by atoms with E-state index in [1.54, 1.807) is 4.68 Å². The second-order valence-corrected chi connectivity index (χ2v) is 4.91. The summed E-state index contributed by atoms with van der Waals surface area (Å²) in [6.07, 6.45) is 2.56. The number of fused-ring (bicyclic) bond motifs is 1. The number of nitrogens with zero attached hydrogens (tertiary/aromatic N) is 3. The summed E-state index contributed by atoms with van der Waals surface area (Å²) < 4.78 is 7.05. The number of thioether (sulfide) groups is 1. The van der Waals surface area contributed by atoms with Gasteiger partial charge in [-0.15, -0.1) is 11.8 Å². The Hall–Kier alpha value is -1.58.